The van der Waals surface area contributed by atoms with E-state index in [0.29, 0.717) is 24.6 Å². The highest BCUT2D eigenvalue weighted by atomic mass is 16.5. The summed E-state index contributed by atoms with van der Waals surface area (Å²) in [6.45, 7) is 3.13. The molecule has 0 aromatic heterocycles. The number of anilines is 1. The van der Waals surface area contributed by atoms with Crippen molar-refractivity contribution in [2.24, 2.45) is 0 Å². The molecule has 0 amide bonds. The molecule has 5 nitrogen and oxygen atoms in total. The fourth-order valence-electron chi connectivity index (χ4n) is 3.94. The molecule has 2 aliphatic heterocycles. The highest BCUT2D eigenvalue weighted by Gasteiger charge is 2.28. The van der Waals surface area contributed by atoms with Crippen molar-refractivity contribution in [2.75, 3.05) is 25.1 Å². The van der Waals surface area contributed by atoms with Crippen LogP contribution in [0.4, 0.5) is 5.69 Å². The first-order valence-electron chi connectivity index (χ1n) is 9.88. The van der Waals surface area contributed by atoms with Gasteiger partial charge in [0, 0.05) is 36.4 Å². The van der Waals surface area contributed by atoms with Crippen LogP contribution in [0.3, 0.4) is 0 Å². The molecule has 0 saturated carbocycles. The van der Waals surface area contributed by atoms with Crippen molar-refractivity contribution >= 4 is 17.4 Å². The van der Waals surface area contributed by atoms with Gasteiger partial charge in [-0.15, -0.1) is 0 Å². The average molecular weight is 378 g/mol. The molecule has 2 aromatic carbocycles. The summed E-state index contributed by atoms with van der Waals surface area (Å²) < 4.78 is 11.2. The maximum absolute atomic E-state index is 12.4. The summed E-state index contributed by atoms with van der Waals surface area (Å²) in [6, 6.07) is 16.2. The topological polar surface area (TPSA) is 50.8 Å². The lowest BCUT2D eigenvalue weighted by molar-refractivity contribution is -0.136. The number of carbonyl (C=O) groups excluding carboxylic acids is 1. The minimum atomic E-state index is -0.405. The third-order valence-corrected chi connectivity index (χ3v) is 5.38. The lowest BCUT2D eigenvalue weighted by Crippen LogP contribution is -2.33. The molecule has 1 N–H and O–H groups in total. The van der Waals surface area contributed by atoms with Crippen molar-refractivity contribution in [3.8, 4) is 0 Å². The third-order valence-electron chi connectivity index (χ3n) is 5.38. The first-order chi connectivity index (χ1) is 13.8. The molecule has 4 rings (SSSR count). The van der Waals surface area contributed by atoms with E-state index in [2.05, 4.69) is 22.3 Å². The maximum atomic E-state index is 12.4. The van der Waals surface area contributed by atoms with Crippen LogP contribution in [0.25, 0.3) is 5.76 Å². The Hall–Kier alpha value is -2.95. The number of hydrogen-bond acceptors (Lipinski definition) is 5. The van der Waals surface area contributed by atoms with Gasteiger partial charge in [0.1, 0.15) is 6.61 Å². The average Bonchev–Trinajstić information content (AvgIpc) is 2.77. The summed E-state index contributed by atoms with van der Waals surface area (Å²) in [7, 11) is 1.39. The standard InChI is InChI=1S/C23H26N2O3/c1-27-23(26)21-22(28-16-17-9-4-2-5-10-17)18-11-8-12-20(19(18)15-24-21)25-13-6-3-7-14-25/h2,4-5,8-12,24H,3,6-7,13-16H2,1H3. The lowest BCUT2D eigenvalue weighted by atomic mass is 9.97. The van der Waals surface area contributed by atoms with Gasteiger partial charge in [-0.3, -0.25) is 0 Å². The van der Waals surface area contributed by atoms with Crippen molar-refractivity contribution in [1.29, 1.82) is 0 Å². The second-order valence-corrected chi connectivity index (χ2v) is 7.17. The lowest BCUT2D eigenvalue weighted by Gasteiger charge is -2.33. The Morgan fingerprint density at radius 1 is 1.04 bits per heavy atom. The van der Waals surface area contributed by atoms with Crippen LogP contribution in [0.2, 0.25) is 0 Å². The Kier molecular flexibility index (Phi) is 5.51. The van der Waals surface area contributed by atoms with E-state index in [-0.39, 0.29) is 0 Å². The second kappa shape index (κ2) is 8.38. The predicted molar refractivity (Wildman–Crippen MR) is 110 cm³/mol. The quantitative estimate of drug-likeness (QED) is 0.801. The number of nitrogens with one attached hydrogen (secondary N) is 1. The highest BCUT2D eigenvalue weighted by Crippen LogP contribution is 2.35. The van der Waals surface area contributed by atoms with Gasteiger partial charge in [-0.25, -0.2) is 4.79 Å². The number of carbonyl (C=O) groups is 1. The van der Waals surface area contributed by atoms with E-state index in [1.165, 1.54) is 37.6 Å². The van der Waals surface area contributed by atoms with E-state index in [9.17, 15) is 4.79 Å². The van der Waals surface area contributed by atoms with Crippen LogP contribution in [-0.2, 0) is 27.4 Å². The van der Waals surface area contributed by atoms with Gasteiger partial charge in [-0.05, 0) is 30.9 Å². The number of benzene rings is 2. The Morgan fingerprint density at radius 2 is 1.82 bits per heavy atom. The fourth-order valence-corrected chi connectivity index (χ4v) is 3.94. The van der Waals surface area contributed by atoms with Gasteiger partial charge in [0.15, 0.2) is 11.5 Å². The van der Waals surface area contributed by atoms with Gasteiger partial charge in [0.25, 0.3) is 0 Å². The van der Waals surface area contributed by atoms with Crippen molar-refractivity contribution in [3.05, 3.63) is 70.9 Å². The number of hydrogen-bond donors (Lipinski definition) is 1. The third kappa shape index (κ3) is 3.70. The second-order valence-electron chi connectivity index (χ2n) is 7.17. The van der Waals surface area contributed by atoms with Crippen LogP contribution in [0.1, 0.15) is 36.0 Å². The van der Waals surface area contributed by atoms with E-state index in [4.69, 9.17) is 9.47 Å². The zero-order valence-electron chi connectivity index (χ0n) is 16.2. The molecule has 28 heavy (non-hydrogen) atoms. The summed E-state index contributed by atoms with van der Waals surface area (Å²) in [6.07, 6.45) is 3.73. The van der Waals surface area contributed by atoms with E-state index in [1.54, 1.807) is 0 Å². The Morgan fingerprint density at radius 3 is 2.57 bits per heavy atom. The minimum Gasteiger partial charge on any atom is -0.486 e. The summed E-state index contributed by atoms with van der Waals surface area (Å²) in [4.78, 5) is 14.8. The molecule has 0 aliphatic carbocycles. The van der Waals surface area contributed by atoms with Gasteiger partial charge in [-0.2, -0.15) is 0 Å². The predicted octanol–water partition coefficient (Wildman–Crippen LogP) is 3.84. The Bertz CT molecular complexity index is 871. The minimum absolute atomic E-state index is 0.390. The summed E-state index contributed by atoms with van der Waals surface area (Å²) >= 11 is 0. The fraction of sp³-hybridized carbons (Fsp3) is 0.348. The van der Waals surface area contributed by atoms with Gasteiger partial charge >= 0.3 is 5.97 Å². The van der Waals surface area contributed by atoms with Crippen LogP contribution in [-0.4, -0.2) is 26.2 Å². The molecule has 0 unspecified atom stereocenters. The maximum Gasteiger partial charge on any atom is 0.358 e. The van der Waals surface area contributed by atoms with E-state index in [0.717, 1.165) is 24.2 Å². The zero-order chi connectivity index (χ0) is 19.3. The smallest absolute Gasteiger partial charge is 0.358 e. The van der Waals surface area contributed by atoms with E-state index in [1.807, 2.05) is 36.4 Å². The summed E-state index contributed by atoms with van der Waals surface area (Å²) in [5.74, 6) is 0.160. The molecule has 0 atom stereocenters. The molecule has 2 aliphatic rings. The van der Waals surface area contributed by atoms with Gasteiger partial charge < -0.3 is 19.7 Å². The number of fused-ring (bicyclic) bond motifs is 1. The van der Waals surface area contributed by atoms with Crippen LogP contribution >= 0.6 is 0 Å². The number of ether oxygens (including phenoxy) is 2. The number of nitrogens with zero attached hydrogens (tertiary/aromatic N) is 1. The molecule has 5 heteroatoms. The van der Waals surface area contributed by atoms with Crippen LogP contribution < -0.4 is 10.2 Å². The molecular weight excluding hydrogens is 352 g/mol. The molecule has 2 aromatic rings. The summed E-state index contributed by atoms with van der Waals surface area (Å²) in [5, 5.41) is 3.25. The van der Waals surface area contributed by atoms with Gasteiger partial charge in [-0.1, -0.05) is 42.5 Å². The monoisotopic (exact) mass is 378 g/mol. The van der Waals surface area contributed by atoms with E-state index < -0.39 is 5.97 Å². The first kappa shape index (κ1) is 18.4. The van der Waals surface area contributed by atoms with Crippen LogP contribution in [0, 0.1) is 0 Å². The van der Waals surface area contributed by atoms with Crippen molar-refractivity contribution < 1.29 is 14.3 Å². The van der Waals surface area contributed by atoms with Crippen LogP contribution in [0.15, 0.2) is 54.2 Å². The van der Waals surface area contributed by atoms with Gasteiger partial charge in [0.2, 0.25) is 0 Å². The van der Waals surface area contributed by atoms with Crippen LogP contribution in [0.5, 0.6) is 0 Å². The largest absolute Gasteiger partial charge is 0.486 e. The number of methoxy groups -OCH3 is 1. The first-order valence-corrected chi connectivity index (χ1v) is 9.88. The molecule has 2 heterocycles. The SMILES string of the molecule is COC(=O)C1=C(OCc2ccccc2)c2cccc(N3CCCCC3)c2CN1. The molecule has 1 saturated heterocycles. The number of piperidine rings is 1. The Labute approximate surface area is 165 Å². The zero-order valence-corrected chi connectivity index (χ0v) is 16.2. The molecule has 146 valence electrons. The van der Waals surface area contributed by atoms with Crippen molar-refractivity contribution in [1.82, 2.24) is 5.32 Å². The van der Waals surface area contributed by atoms with Crippen molar-refractivity contribution in [3.63, 3.8) is 0 Å². The normalized spacial score (nSPS) is 16.2. The highest BCUT2D eigenvalue weighted by molar-refractivity contribution is 5.97. The number of esters is 1. The molecule has 0 radical (unpaired) electrons. The number of rotatable bonds is 5. The Balaban J connectivity index is 1.70. The summed E-state index contributed by atoms with van der Waals surface area (Å²) in [5.41, 5.74) is 4.83. The molecule has 0 spiro atoms. The van der Waals surface area contributed by atoms with E-state index >= 15 is 0 Å². The molecular formula is C23H26N2O3. The van der Waals surface area contributed by atoms with Crippen molar-refractivity contribution in [2.45, 2.75) is 32.4 Å². The van der Waals surface area contributed by atoms with Gasteiger partial charge in [0.05, 0.1) is 7.11 Å². The molecule has 0 bridgehead atoms. The molecule has 1 fully saturated rings.